The Balaban J connectivity index is 3.30. The van der Waals surface area contributed by atoms with Crippen molar-refractivity contribution >= 4 is 10.2 Å². The van der Waals surface area contributed by atoms with E-state index in [2.05, 4.69) is 12.3 Å². The van der Waals surface area contributed by atoms with Crippen LogP contribution in [0.1, 0.15) is 6.92 Å². The molecule has 0 bridgehead atoms. The molecule has 0 aromatic rings. The Hall–Kier alpha value is -0.303. The van der Waals surface area contributed by atoms with Crippen molar-refractivity contribution in [2.45, 2.75) is 6.92 Å². The van der Waals surface area contributed by atoms with Crippen molar-refractivity contribution in [2.75, 3.05) is 0 Å². The quantitative estimate of drug-likeness (QED) is 0.330. The van der Waals surface area contributed by atoms with Crippen molar-refractivity contribution in [3.8, 4) is 0 Å². The highest BCUT2D eigenvalue weighted by Gasteiger charge is 1.63. The first-order chi connectivity index (χ1) is 2.77. The lowest BCUT2D eigenvalue weighted by atomic mass is 10.4. The molecule has 0 aromatic heterocycles. The lowest BCUT2D eigenvalue weighted by Crippen LogP contribution is -1.57. The summed E-state index contributed by atoms with van der Waals surface area (Å²) < 4.78 is 0. The molecule has 0 nitrogen and oxygen atoms in total. The van der Waals surface area contributed by atoms with Crippen LogP contribution >= 0.6 is 0 Å². The molecule has 0 N–H and O–H groups in total. The van der Waals surface area contributed by atoms with Crippen LogP contribution in [0.2, 0.25) is 0 Å². The second-order valence-corrected chi connectivity index (χ2v) is 2.01. The van der Waals surface area contributed by atoms with Gasteiger partial charge in [-0.15, -0.1) is 5.70 Å². The molecule has 0 saturated heterocycles. The van der Waals surface area contributed by atoms with E-state index in [1.54, 1.807) is 0 Å². The van der Waals surface area contributed by atoms with Gasteiger partial charge in [-0.25, -0.2) is 0 Å². The summed E-state index contributed by atoms with van der Waals surface area (Å²) in [5.41, 5.74) is 3.26. The van der Waals surface area contributed by atoms with Crippen LogP contribution < -0.4 is 0 Å². The topological polar surface area (TPSA) is 0 Å². The minimum Gasteiger partial charge on any atom is -0.105 e. The van der Waals surface area contributed by atoms with Crippen LogP contribution in [0.25, 0.3) is 0 Å². The van der Waals surface area contributed by atoms with Gasteiger partial charge >= 0.3 is 0 Å². The SMILES string of the molecule is C=C(C)C=C[SiH3]. The summed E-state index contributed by atoms with van der Waals surface area (Å²) in [5, 5.41) is 0. The fraction of sp³-hybridized carbons (Fsp3) is 0.200. The lowest BCUT2D eigenvalue weighted by molar-refractivity contribution is 1.57. The maximum atomic E-state index is 3.68. The van der Waals surface area contributed by atoms with E-state index in [-0.39, 0.29) is 0 Å². The Morgan fingerprint density at radius 2 is 2.33 bits per heavy atom. The van der Waals surface area contributed by atoms with Crippen LogP contribution in [0.5, 0.6) is 0 Å². The standard InChI is InChI=1S/C5H10Si/c1-5(2)3-4-6/h3-4H,1H2,2,6H3. The second-order valence-electron chi connectivity index (χ2n) is 1.35. The zero-order valence-electron chi connectivity index (χ0n) is 4.36. The van der Waals surface area contributed by atoms with Crippen LogP contribution in [0.3, 0.4) is 0 Å². The minimum atomic E-state index is 1.14. The molecular formula is C5H10Si. The van der Waals surface area contributed by atoms with Crippen molar-refractivity contribution < 1.29 is 0 Å². The van der Waals surface area contributed by atoms with Gasteiger partial charge in [-0.1, -0.05) is 18.2 Å². The maximum absolute atomic E-state index is 3.68. The summed E-state index contributed by atoms with van der Waals surface area (Å²) >= 11 is 0. The third kappa shape index (κ3) is 3.70. The largest absolute Gasteiger partial charge is 0.105 e. The first kappa shape index (κ1) is 5.70. The number of hydrogen-bond donors (Lipinski definition) is 0. The van der Waals surface area contributed by atoms with Crippen LogP contribution in [-0.2, 0) is 0 Å². The molecule has 0 heterocycles. The van der Waals surface area contributed by atoms with Gasteiger partial charge in [-0.3, -0.25) is 0 Å². The van der Waals surface area contributed by atoms with Gasteiger partial charge < -0.3 is 0 Å². The molecule has 0 spiro atoms. The van der Waals surface area contributed by atoms with Crippen LogP contribution in [0.4, 0.5) is 0 Å². The van der Waals surface area contributed by atoms with Gasteiger partial charge in [0.1, 0.15) is 0 Å². The van der Waals surface area contributed by atoms with E-state index in [1.807, 2.05) is 13.0 Å². The van der Waals surface area contributed by atoms with E-state index in [4.69, 9.17) is 0 Å². The van der Waals surface area contributed by atoms with Gasteiger partial charge in [0.15, 0.2) is 0 Å². The fourth-order valence-corrected chi connectivity index (χ4v) is 0.854. The van der Waals surface area contributed by atoms with Crippen molar-refractivity contribution in [3.05, 3.63) is 23.9 Å². The van der Waals surface area contributed by atoms with Gasteiger partial charge in [0.2, 0.25) is 0 Å². The van der Waals surface area contributed by atoms with Crippen LogP contribution in [0.15, 0.2) is 23.9 Å². The average molecular weight is 98.2 g/mol. The first-order valence-electron chi connectivity index (χ1n) is 2.05. The zero-order chi connectivity index (χ0) is 4.99. The van der Waals surface area contributed by atoms with Gasteiger partial charge in [-0.2, -0.15) is 0 Å². The Bertz CT molecular complexity index is 72.0. The molecule has 0 radical (unpaired) electrons. The molecule has 0 unspecified atom stereocenters. The van der Waals surface area contributed by atoms with Crippen molar-refractivity contribution in [2.24, 2.45) is 0 Å². The van der Waals surface area contributed by atoms with E-state index in [0.717, 1.165) is 15.8 Å². The molecule has 0 saturated carbocycles. The molecule has 0 amide bonds. The van der Waals surface area contributed by atoms with E-state index in [0.29, 0.717) is 0 Å². The lowest BCUT2D eigenvalue weighted by Gasteiger charge is -1.76. The van der Waals surface area contributed by atoms with Crippen molar-refractivity contribution in [1.29, 1.82) is 0 Å². The molecule has 34 valence electrons. The monoisotopic (exact) mass is 98.1 g/mol. The minimum absolute atomic E-state index is 1.14. The van der Waals surface area contributed by atoms with E-state index < -0.39 is 0 Å². The molecule has 0 aromatic carbocycles. The van der Waals surface area contributed by atoms with Crippen LogP contribution in [0, 0.1) is 0 Å². The van der Waals surface area contributed by atoms with E-state index in [9.17, 15) is 0 Å². The number of hydrogen-bond acceptors (Lipinski definition) is 0. The molecule has 0 fully saturated rings. The Labute approximate surface area is 42.0 Å². The van der Waals surface area contributed by atoms with E-state index in [1.165, 1.54) is 0 Å². The highest BCUT2D eigenvalue weighted by Crippen LogP contribution is 1.83. The van der Waals surface area contributed by atoms with Crippen molar-refractivity contribution in [3.63, 3.8) is 0 Å². The fourth-order valence-electron chi connectivity index (χ4n) is 0.285. The van der Waals surface area contributed by atoms with E-state index >= 15 is 0 Å². The third-order valence-electron chi connectivity index (χ3n) is 0.451. The summed E-state index contributed by atoms with van der Waals surface area (Å²) in [6, 6.07) is 0. The predicted molar refractivity (Wildman–Crippen MR) is 33.9 cm³/mol. The third-order valence-corrected chi connectivity index (χ3v) is 0.785. The highest BCUT2D eigenvalue weighted by molar-refractivity contribution is 6.17. The van der Waals surface area contributed by atoms with Gasteiger partial charge in [-0.05, 0) is 6.92 Å². The molecular weight excluding hydrogens is 88.1 g/mol. The normalized spacial score (nSPS) is 10.2. The maximum Gasteiger partial charge on any atom is 0.0291 e. The summed E-state index contributed by atoms with van der Waals surface area (Å²) in [7, 11) is 1.15. The van der Waals surface area contributed by atoms with Crippen molar-refractivity contribution in [1.82, 2.24) is 0 Å². The Kier molecular flexibility index (Phi) is 2.76. The molecule has 0 rings (SSSR count). The van der Waals surface area contributed by atoms with Crippen LogP contribution in [-0.4, -0.2) is 10.2 Å². The Morgan fingerprint density at radius 3 is 2.33 bits per heavy atom. The smallest absolute Gasteiger partial charge is 0.0291 e. The number of rotatable bonds is 1. The molecule has 0 aliphatic rings. The summed E-state index contributed by atoms with van der Waals surface area (Å²) in [6.45, 7) is 5.67. The molecule has 0 aliphatic carbocycles. The summed E-state index contributed by atoms with van der Waals surface area (Å²) in [5.74, 6) is 0. The Morgan fingerprint density at radius 1 is 1.83 bits per heavy atom. The molecule has 1 heteroatoms. The molecule has 0 atom stereocenters. The summed E-state index contributed by atoms with van der Waals surface area (Å²) in [4.78, 5) is 0. The summed E-state index contributed by atoms with van der Waals surface area (Å²) in [6.07, 6.45) is 2.03. The second kappa shape index (κ2) is 2.91. The molecule has 0 aliphatic heterocycles. The predicted octanol–water partition coefficient (Wildman–Crippen LogP) is 0.442. The van der Waals surface area contributed by atoms with Gasteiger partial charge in [0, 0.05) is 10.2 Å². The first-order valence-corrected chi connectivity index (χ1v) is 3.21. The molecule has 6 heavy (non-hydrogen) atoms. The van der Waals surface area contributed by atoms with Gasteiger partial charge in [0.05, 0.1) is 0 Å². The van der Waals surface area contributed by atoms with Gasteiger partial charge in [0.25, 0.3) is 0 Å². The average Bonchev–Trinajstić information content (AvgIpc) is 1.35. The zero-order valence-corrected chi connectivity index (χ0v) is 6.36. The highest BCUT2D eigenvalue weighted by atomic mass is 28.1. The number of allylic oxidation sites excluding steroid dienone is 2.